The molecule has 4 nitrogen and oxygen atoms in total. The number of nitrogens with one attached hydrogen (secondary N) is 1. The van der Waals surface area contributed by atoms with E-state index in [1.54, 1.807) is 13.2 Å². The minimum atomic E-state index is -0.442. The Hall–Kier alpha value is -1.60. The number of hydrogen-bond donors (Lipinski definition) is 1. The average molecular weight is 558 g/mol. The van der Waals surface area contributed by atoms with Crippen LogP contribution >= 0.6 is 45.2 Å². The molecule has 25 heavy (non-hydrogen) atoms. The molecular weight excluding hydrogens is 542 g/mol. The first-order valence-corrected chi connectivity index (χ1v) is 9.69. The third kappa shape index (κ3) is 5.19. The molecule has 1 N–H and O–H groups in total. The summed E-state index contributed by atoms with van der Waals surface area (Å²) < 4.78 is 7.33. The second-order valence-corrected chi connectivity index (χ2v) is 7.59. The molecule has 128 valence electrons. The number of rotatable bonds is 5. The first-order valence-electron chi connectivity index (χ1n) is 7.53. The van der Waals surface area contributed by atoms with Crippen LogP contribution in [-0.2, 0) is 11.2 Å². The van der Waals surface area contributed by atoms with Crippen LogP contribution in [0.25, 0.3) is 6.08 Å². The maximum Gasteiger partial charge on any atom is 0.266 e. The molecule has 2 aromatic carbocycles. The number of nitriles is 1. The Balaban J connectivity index is 2.31. The van der Waals surface area contributed by atoms with Crippen molar-refractivity contribution in [2.45, 2.75) is 13.3 Å². The van der Waals surface area contributed by atoms with Crippen LogP contribution in [0.15, 0.2) is 42.0 Å². The summed E-state index contributed by atoms with van der Waals surface area (Å²) in [5, 5.41) is 12.2. The standard InChI is InChI=1S/C19H16I2N2O2/c1-3-12-4-6-16(7-5-12)23-19(24)14(11-22)8-13-9-15(20)10-17(21)18(13)25-2/h4-10H,3H2,1-2H3,(H,23,24)/b14-8+. The fourth-order valence-corrected chi connectivity index (χ4v) is 4.34. The average Bonchev–Trinajstić information content (AvgIpc) is 2.59. The molecule has 0 aromatic heterocycles. The van der Waals surface area contributed by atoms with Crippen molar-refractivity contribution in [3.63, 3.8) is 0 Å². The number of hydrogen-bond acceptors (Lipinski definition) is 3. The molecule has 0 aliphatic heterocycles. The van der Waals surface area contributed by atoms with Crippen LogP contribution in [0, 0.1) is 18.5 Å². The molecular formula is C19H16I2N2O2. The number of aryl methyl sites for hydroxylation is 1. The van der Waals surface area contributed by atoms with Crippen molar-refractivity contribution < 1.29 is 9.53 Å². The maximum atomic E-state index is 12.4. The summed E-state index contributed by atoms with van der Waals surface area (Å²) in [6.45, 7) is 2.07. The molecule has 0 radical (unpaired) electrons. The van der Waals surface area contributed by atoms with Gasteiger partial charge in [-0.2, -0.15) is 5.26 Å². The molecule has 6 heteroatoms. The zero-order chi connectivity index (χ0) is 18.4. The van der Waals surface area contributed by atoms with E-state index in [0.717, 1.165) is 13.6 Å². The molecule has 0 heterocycles. The topological polar surface area (TPSA) is 62.1 Å². The lowest BCUT2D eigenvalue weighted by Crippen LogP contribution is -2.13. The van der Waals surface area contributed by atoms with E-state index in [4.69, 9.17) is 4.74 Å². The lowest BCUT2D eigenvalue weighted by Gasteiger charge is -2.09. The predicted octanol–water partition coefficient (Wildman–Crippen LogP) is 5.01. The first kappa shape index (κ1) is 19.7. The smallest absolute Gasteiger partial charge is 0.266 e. The number of halogens is 2. The van der Waals surface area contributed by atoms with Gasteiger partial charge in [-0.1, -0.05) is 19.1 Å². The van der Waals surface area contributed by atoms with Crippen molar-refractivity contribution in [1.82, 2.24) is 0 Å². The first-order chi connectivity index (χ1) is 12.0. The van der Waals surface area contributed by atoms with Gasteiger partial charge in [0.2, 0.25) is 0 Å². The molecule has 1 amide bonds. The zero-order valence-electron chi connectivity index (χ0n) is 13.8. The van der Waals surface area contributed by atoms with Crippen molar-refractivity contribution in [2.75, 3.05) is 12.4 Å². The molecule has 0 aliphatic carbocycles. The van der Waals surface area contributed by atoms with Gasteiger partial charge in [0.1, 0.15) is 17.4 Å². The normalized spacial score (nSPS) is 10.9. The number of nitrogens with zero attached hydrogens (tertiary/aromatic N) is 1. The molecule has 0 unspecified atom stereocenters. The van der Waals surface area contributed by atoms with Crippen molar-refractivity contribution >= 4 is 62.9 Å². The summed E-state index contributed by atoms with van der Waals surface area (Å²) in [6, 6.07) is 13.4. The minimum Gasteiger partial charge on any atom is -0.495 e. The number of benzene rings is 2. The van der Waals surface area contributed by atoms with Crippen LogP contribution in [0.4, 0.5) is 5.69 Å². The minimum absolute atomic E-state index is 0.0238. The Morgan fingerprint density at radius 2 is 1.96 bits per heavy atom. The van der Waals surface area contributed by atoms with Gasteiger partial charge < -0.3 is 10.1 Å². The van der Waals surface area contributed by atoms with E-state index < -0.39 is 5.91 Å². The summed E-state index contributed by atoms with van der Waals surface area (Å²) in [6.07, 6.45) is 2.49. The number of carbonyl (C=O) groups is 1. The quantitative estimate of drug-likeness (QED) is 0.319. The number of carbonyl (C=O) groups excluding carboxylic acids is 1. The monoisotopic (exact) mass is 558 g/mol. The van der Waals surface area contributed by atoms with Gasteiger partial charge >= 0.3 is 0 Å². The van der Waals surface area contributed by atoms with Crippen LogP contribution in [0.2, 0.25) is 0 Å². The van der Waals surface area contributed by atoms with E-state index in [1.165, 1.54) is 5.56 Å². The maximum absolute atomic E-state index is 12.4. The van der Waals surface area contributed by atoms with Gasteiger partial charge in [-0.15, -0.1) is 0 Å². The number of ether oxygens (including phenoxy) is 1. The molecule has 2 aromatic rings. The van der Waals surface area contributed by atoms with E-state index in [-0.39, 0.29) is 5.57 Å². The molecule has 0 bridgehead atoms. The van der Waals surface area contributed by atoms with Gasteiger partial charge in [-0.05, 0) is 87.5 Å². The second kappa shape index (κ2) is 9.20. The Kier molecular flexibility index (Phi) is 7.25. The summed E-state index contributed by atoms with van der Waals surface area (Å²) in [7, 11) is 1.57. The highest BCUT2D eigenvalue weighted by molar-refractivity contribution is 14.1. The predicted molar refractivity (Wildman–Crippen MR) is 116 cm³/mol. The number of anilines is 1. The van der Waals surface area contributed by atoms with E-state index in [2.05, 4.69) is 57.4 Å². The lowest BCUT2D eigenvalue weighted by atomic mass is 10.1. The molecule has 0 saturated carbocycles. The van der Waals surface area contributed by atoms with Crippen molar-refractivity contribution in [3.8, 4) is 11.8 Å². The van der Waals surface area contributed by atoms with Crippen LogP contribution in [0.1, 0.15) is 18.1 Å². The Morgan fingerprint density at radius 1 is 1.28 bits per heavy atom. The zero-order valence-corrected chi connectivity index (χ0v) is 18.1. The molecule has 0 fully saturated rings. The lowest BCUT2D eigenvalue weighted by molar-refractivity contribution is -0.112. The number of methoxy groups -OCH3 is 1. The van der Waals surface area contributed by atoms with Crippen LogP contribution < -0.4 is 10.1 Å². The fraction of sp³-hybridized carbons (Fsp3) is 0.158. The largest absolute Gasteiger partial charge is 0.495 e. The summed E-state index contributed by atoms with van der Waals surface area (Å²) in [5.74, 6) is 0.205. The third-order valence-electron chi connectivity index (χ3n) is 3.53. The summed E-state index contributed by atoms with van der Waals surface area (Å²) >= 11 is 4.36. The Labute approximate surface area is 174 Å². The van der Waals surface area contributed by atoms with Gasteiger partial charge in [0.25, 0.3) is 5.91 Å². The van der Waals surface area contributed by atoms with Gasteiger partial charge in [0.15, 0.2) is 0 Å². The third-order valence-corrected chi connectivity index (χ3v) is 4.95. The van der Waals surface area contributed by atoms with Crippen LogP contribution in [0.3, 0.4) is 0 Å². The van der Waals surface area contributed by atoms with E-state index >= 15 is 0 Å². The SMILES string of the molecule is CCc1ccc(NC(=O)/C(C#N)=C/c2cc(I)cc(I)c2OC)cc1. The molecule has 0 spiro atoms. The van der Waals surface area contributed by atoms with Gasteiger partial charge in [-0.25, -0.2) is 0 Å². The summed E-state index contributed by atoms with van der Waals surface area (Å²) in [5.41, 5.74) is 2.57. The van der Waals surface area contributed by atoms with Gasteiger partial charge in [0, 0.05) is 14.8 Å². The van der Waals surface area contributed by atoms with Crippen molar-refractivity contribution in [3.05, 3.63) is 60.2 Å². The Morgan fingerprint density at radius 3 is 2.52 bits per heavy atom. The highest BCUT2D eigenvalue weighted by Crippen LogP contribution is 2.30. The van der Waals surface area contributed by atoms with E-state index in [9.17, 15) is 10.1 Å². The van der Waals surface area contributed by atoms with E-state index in [1.807, 2.05) is 42.5 Å². The summed E-state index contributed by atoms with van der Waals surface area (Å²) in [4.78, 5) is 12.4. The van der Waals surface area contributed by atoms with Crippen LogP contribution in [-0.4, -0.2) is 13.0 Å². The van der Waals surface area contributed by atoms with Gasteiger partial charge in [-0.3, -0.25) is 4.79 Å². The van der Waals surface area contributed by atoms with Crippen molar-refractivity contribution in [1.29, 1.82) is 5.26 Å². The Bertz CT molecular complexity index is 853. The highest BCUT2D eigenvalue weighted by Gasteiger charge is 2.13. The fourth-order valence-electron chi connectivity index (χ4n) is 2.23. The highest BCUT2D eigenvalue weighted by atomic mass is 127. The number of amides is 1. The molecule has 0 aliphatic rings. The van der Waals surface area contributed by atoms with Crippen molar-refractivity contribution in [2.24, 2.45) is 0 Å². The molecule has 0 atom stereocenters. The van der Waals surface area contributed by atoms with Gasteiger partial charge in [0.05, 0.1) is 10.7 Å². The van der Waals surface area contributed by atoms with Crippen LogP contribution in [0.5, 0.6) is 5.75 Å². The molecule has 0 saturated heterocycles. The van der Waals surface area contributed by atoms with E-state index in [0.29, 0.717) is 17.0 Å². The second-order valence-electron chi connectivity index (χ2n) is 5.18. The molecule has 2 rings (SSSR count).